The summed E-state index contributed by atoms with van der Waals surface area (Å²) in [7, 11) is 0. The average Bonchev–Trinajstić information content (AvgIpc) is 2.64. The second-order valence-electron chi connectivity index (χ2n) is 5.74. The van der Waals surface area contributed by atoms with Gasteiger partial charge in [0, 0.05) is 43.7 Å². The minimum atomic E-state index is -0.706. The van der Waals surface area contributed by atoms with Crippen LogP contribution in [0.15, 0.2) is 24.3 Å². The molecule has 1 N–H and O–H groups in total. The lowest BCUT2D eigenvalue weighted by molar-refractivity contribution is -0.152. The Morgan fingerprint density at radius 1 is 1.04 bits per heavy atom. The second kappa shape index (κ2) is 9.19. The second-order valence-corrected chi connectivity index (χ2v) is 6.17. The zero-order valence-corrected chi connectivity index (χ0v) is 15.1. The number of ether oxygens (including phenoxy) is 1. The number of benzene rings is 1. The van der Waals surface area contributed by atoms with Gasteiger partial charge in [0.15, 0.2) is 6.61 Å². The summed E-state index contributed by atoms with van der Waals surface area (Å²) in [5.41, 5.74) is 0.363. The SMILES string of the molecule is CC(=O)N1CCN(C(=O)COC(=O)CNC(=O)c2ccc(Cl)cc2)CC1. The van der Waals surface area contributed by atoms with Crippen molar-refractivity contribution >= 4 is 35.3 Å². The minimum absolute atomic E-state index is 0.0278. The highest BCUT2D eigenvalue weighted by Crippen LogP contribution is 2.09. The lowest BCUT2D eigenvalue weighted by Crippen LogP contribution is -2.51. The summed E-state index contributed by atoms with van der Waals surface area (Å²) >= 11 is 5.74. The molecule has 0 radical (unpaired) electrons. The Morgan fingerprint density at radius 2 is 1.62 bits per heavy atom. The number of piperazine rings is 1. The molecule has 26 heavy (non-hydrogen) atoms. The predicted octanol–water partition coefficient (Wildman–Crippen LogP) is 0.304. The van der Waals surface area contributed by atoms with E-state index >= 15 is 0 Å². The summed E-state index contributed by atoms with van der Waals surface area (Å²) in [5.74, 6) is -1.50. The molecule has 0 aromatic heterocycles. The fourth-order valence-corrected chi connectivity index (χ4v) is 2.54. The third kappa shape index (κ3) is 5.73. The van der Waals surface area contributed by atoms with Crippen LogP contribution < -0.4 is 5.32 Å². The molecule has 1 fully saturated rings. The Bertz CT molecular complexity index is 684. The first kappa shape index (κ1) is 19.7. The smallest absolute Gasteiger partial charge is 0.325 e. The van der Waals surface area contributed by atoms with Gasteiger partial charge < -0.3 is 19.9 Å². The number of hydrogen-bond donors (Lipinski definition) is 1. The quantitative estimate of drug-likeness (QED) is 0.740. The number of nitrogens with one attached hydrogen (secondary N) is 1. The van der Waals surface area contributed by atoms with Gasteiger partial charge in [-0.05, 0) is 24.3 Å². The molecule has 2 rings (SSSR count). The van der Waals surface area contributed by atoms with Crippen LogP contribution in [0.2, 0.25) is 5.02 Å². The maximum absolute atomic E-state index is 12.0. The summed E-state index contributed by atoms with van der Waals surface area (Å²) in [6.07, 6.45) is 0. The van der Waals surface area contributed by atoms with Crippen LogP contribution in [-0.2, 0) is 19.1 Å². The molecule has 0 spiro atoms. The summed E-state index contributed by atoms with van der Waals surface area (Å²) in [5, 5.41) is 2.92. The minimum Gasteiger partial charge on any atom is -0.454 e. The fourth-order valence-electron chi connectivity index (χ4n) is 2.41. The highest BCUT2D eigenvalue weighted by atomic mass is 35.5. The maximum Gasteiger partial charge on any atom is 0.325 e. The molecule has 1 saturated heterocycles. The van der Waals surface area contributed by atoms with Crippen LogP contribution in [0.25, 0.3) is 0 Å². The Labute approximate surface area is 156 Å². The Kier molecular flexibility index (Phi) is 6.97. The van der Waals surface area contributed by atoms with Gasteiger partial charge in [0.1, 0.15) is 6.54 Å². The summed E-state index contributed by atoms with van der Waals surface area (Å²) < 4.78 is 4.89. The molecule has 0 aliphatic carbocycles. The van der Waals surface area contributed by atoms with Crippen LogP contribution in [0.3, 0.4) is 0 Å². The number of carbonyl (C=O) groups excluding carboxylic acids is 4. The van der Waals surface area contributed by atoms with E-state index in [1.54, 1.807) is 21.9 Å². The zero-order chi connectivity index (χ0) is 19.1. The van der Waals surface area contributed by atoms with E-state index in [9.17, 15) is 19.2 Å². The normalized spacial score (nSPS) is 13.9. The molecule has 9 heteroatoms. The first-order valence-corrected chi connectivity index (χ1v) is 8.47. The third-order valence-electron chi connectivity index (χ3n) is 3.93. The third-order valence-corrected chi connectivity index (χ3v) is 4.19. The van der Waals surface area contributed by atoms with E-state index < -0.39 is 18.5 Å². The molecule has 3 amide bonds. The molecular weight excluding hydrogens is 362 g/mol. The zero-order valence-electron chi connectivity index (χ0n) is 14.4. The van der Waals surface area contributed by atoms with Gasteiger partial charge in [-0.15, -0.1) is 0 Å². The summed E-state index contributed by atoms with van der Waals surface area (Å²) in [4.78, 5) is 50.0. The van der Waals surface area contributed by atoms with Crippen molar-refractivity contribution in [2.45, 2.75) is 6.92 Å². The van der Waals surface area contributed by atoms with Crippen LogP contribution in [0.1, 0.15) is 17.3 Å². The first-order chi connectivity index (χ1) is 12.4. The topological polar surface area (TPSA) is 96.0 Å². The average molecular weight is 382 g/mol. The molecule has 1 aliphatic rings. The molecular formula is C17H20ClN3O5. The van der Waals surface area contributed by atoms with Crippen molar-refractivity contribution in [3.8, 4) is 0 Å². The van der Waals surface area contributed by atoms with E-state index in [4.69, 9.17) is 16.3 Å². The van der Waals surface area contributed by atoms with Crippen LogP contribution in [0.4, 0.5) is 0 Å². The van der Waals surface area contributed by atoms with Gasteiger partial charge >= 0.3 is 5.97 Å². The molecule has 0 unspecified atom stereocenters. The van der Waals surface area contributed by atoms with Crippen LogP contribution in [-0.4, -0.2) is 72.8 Å². The van der Waals surface area contributed by atoms with Gasteiger partial charge in [0.2, 0.25) is 5.91 Å². The van der Waals surface area contributed by atoms with Gasteiger partial charge in [-0.2, -0.15) is 0 Å². The number of halogens is 1. The van der Waals surface area contributed by atoms with Crippen LogP contribution in [0, 0.1) is 0 Å². The standard InChI is InChI=1S/C17H20ClN3O5/c1-12(22)20-6-8-21(9-7-20)15(23)11-26-16(24)10-19-17(25)13-2-4-14(18)5-3-13/h2-5H,6-11H2,1H3,(H,19,25). The van der Waals surface area contributed by atoms with E-state index in [0.717, 1.165) is 0 Å². The van der Waals surface area contributed by atoms with E-state index in [2.05, 4.69) is 5.32 Å². The van der Waals surface area contributed by atoms with Crippen molar-refractivity contribution in [1.82, 2.24) is 15.1 Å². The number of rotatable bonds is 5. The van der Waals surface area contributed by atoms with Gasteiger partial charge in [-0.1, -0.05) is 11.6 Å². The molecule has 0 bridgehead atoms. The van der Waals surface area contributed by atoms with Crippen LogP contribution in [0.5, 0.6) is 0 Å². The summed E-state index contributed by atoms with van der Waals surface area (Å²) in [6.45, 7) is 2.49. The largest absolute Gasteiger partial charge is 0.454 e. The molecule has 1 aliphatic heterocycles. The monoisotopic (exact) mass is 381 g/mol. The van der Waals surface area contributed by atoms with Crippen molar-refractivity contribution in [1.29, 1.82) is 0 Å². The Hall–Kier alpha value is -2.61. The predicted molar refractivity (Wildman–Crippen MR) is 93.6 cm³/mol. The maximum atomic E-state index is 12.0. The van der Waals surface area contributed by atoms with E-state index in [0.29, 0.717) is 36.8 Å². The highest BCUT2D eigenvalue weighted by Gasteiger charge is 2.23. The Morgan fingerprint density at radius 3 is 2.19 bits per heavy atom. The van der Waals surface area contributed by atoms with E-state index in [1.807, 2.05) is 0 Å². The van der Waals surface area contributed by atoms with Gasteiger partial charge in [0.25, 0.3) is 11.8 Å². The van der Waals surface area contributed by atoms with Crippen molar-refractivity contribution < 1.29 is 23.9 Å². The van der Waals surface area contributed by atoms with Crippen LogP contribution >= 0.6 is 11.6 Å². The fraction of sp³-hybridized carbons (Fsp3) is 0.412. The lowest BCUT2D eigenvalue weighted by atomic mass is 10.2. The number of esters is 1. The molecule has 0 atom stereocenters. The van der Waals surface area contributed by atoms with Crippen molar-refractivity contribution in [3.05, 3.63) is 34.9 Å². The molecule has 1 heterocycles. The number of nitrogens with zero attached hydrogens (tertiary/aromatic N) is 2. The highest BCUT2D eigenvalue weighted by molar-refractivity contribution is 6.30. The van der Waals surface area contributed by atoms with Gasteiger partial charge in [0.05, 0.1) is 0 Å². The molecule has 0 saturated carbocycles. The summed E-state index contributed by atoms with van der Waals surface area (Å²) in [6, 6.07) is 6.21. The number of amides is 3. The van der Waals surface area contributed by atoms with Gasteiger partial charge in [-0.3, -0.25) is 19.2 Å². The van der Waals surface area contributed by atoms with Gasteiger partial charge in [-0.25, -0.2) is 0 Å². The molecule has 8 nitrogen and oxygen atoms in total. The number of hydrogen-bond acceptors (Lipinski definition) is 5. The number of carbonyl (C=O) groups is 4. The van der Waals surface area contributed by atoms with Crippen molar-refractivity contribution in [3.63, 3.8) is 0 Å². The Balaban J connectivity index is 1.68. The lowest BCUT2D eigenvalue weighted by Gasteiger charge is -2.34. The van der Waals surface area contributed by atoms with E-state index in [-0.39, 0.29) is 18.4 Å². The van der Waals surface area contributed by atoms with Crippen molar-refractivity contribution in [2.75, 3.05) is 39.3 Å². The molecule has 140 valence electrons. The van der Waals surface area contributed by atoms with Crippen molar-refractivity contribution in [2.24, 2.45) is 0 Å². The molecule has 1 aromatic carbocycles. The first-order valence-electron chi connectivity index (χ1n) is 8.09. The molecule has 1 aromatic rings. The van der Waals surface area contributed by atoms with E-state index in [1.165, 1.54) is 19.1 Å².